The number of aliphatic hydroxyl groups excluding tert-OH is 1. The average Bonchev–Trinajstić information content (AvgIpc) is 1.01. The first-order valence-electron chi connectivity index (χ1n) is 27.6. The summed E-state index contributed by atoms with van der Waals surface area (Å²) in [5.41, 5.74) is 29.2. The number of amides is 4. The zero-order chi connectivity index (χ0) is 63.4. The van der Waals surface area contributed by atoms with E-state index in [1.54, 1.807) is 130 Å². The van der Waals surface area contributed by atoms with Gasteiger partial charge in [0.25, 0.3) is 11.8 Å². The minimum absolute atomic E-state index is 0.145. The topological polar surface area (TPSA) is 324 Å². The van der Waals surface area contributed by atoms with E-state index in [4.69, 9.17) is 41.9 Å². The summed E-state index contributed by atoms with van der Waals surface area (Å²) in [6, 6.07) is 32.8. The van der Waals surface area contributed by atoms with Gasteiger partial charge in [-0.05, 0) is 148 Å². The van der Waals surface area contributed by atoms with Crippen molar-refractivity contribution < 1.29 is 61.3 Å². The summed E-state index contributed by atoms with van der Waals surface area (Å²) >= 11 is 0. The van der Waals surface area contributed by atoms with Crippen molar-refractivity contribution >= 4 is 41.9 Å². The first-order chi connectivity index (χ1) is 41.3. The molecule has 7 rings (SSSR count). The third kappa shape index (κ3) is 25.2. The van der Waals surface area contributed by atoms with Gasteiger partial charge in [0.1, 0.15) is 23.7 Å². The van der Waals surface area contributed by atoms with E-state index in [-0.39, 0.29) is 47.8 Å². The van der Waals surface area contributed by atoms with Crippen molar-refractivity contribution in [3.8, 4) is 0 Å². The number of benzene rings is 4. The van der Waals surface area contributed by atoms with Crippen molar-refractivity contribution in [2.24, 2.45) is 22.9 Å². The number of esters is 2. The van der Waals surface area contributed by atoms with Crippen LogP contribution in [-0.2, 0) is 54.6 Å². The largest absolute Gasteiger partial charge is 0.467 e. The summed E-state index contributed by atoms with van der Waals surface area (Å²) in [5, 5.41) is 16.4. The Labute approximate surface area is 499 Å². The molecule has 0 bridgehead atoms. The van der Waals surface area contributed by atoms with Crippen LogP contribution in [0.4, 0.5) is 8.78 Å². The highest BCUT2D eigenvalue weighted by Crippen LogP contribution is 2.40. The molecule has 4 amide bonds. The van der Waals surface area contributed by atoms with Crippen LogP contribution in [0.5, 0.6) is 0 Å². The number of carbonyl (C=O) groups is 7. The van der Waals surface area contributed by atoms with E-state index in [2.05, 4.69) is 20.9 Å². The van der Waals surface area contributed by atoms with Gasteiger partial charge in [0.05, 0.1) is 37.5 Å². The van der Waals surface area contributed by atoms with Crippen molar-refractivity contribution in [2.75, 3.05) is 19.8 Å². The number of aromatic nitrogens is 1. The van der Waals surface area contributed by atoms with Gasteiger partial charge in [0.2, 0.25) is 11.8 Å². The Morgan fingerprint density at radius 2 is 1.22 bits per heavy atom. The second kappa shape index (κ2) is 38.7. The first-order valence-corrected chi connectivity index (χ1v) is 27.6. The SMILES string of the molecule is CC/C(N)=C\C(N)=O.CCO.CCOC(=O)/C=C(\N)CCc1ccc(F)cc1.CCOC(=O)C1=C(CCc2ccc(F)cc2)NC(CC)=C(C(N)=O)C1c1ccc(C(=O)NCc2cccnc2)cc1.O=Cc1ccc(C(=O)NCc2ccco2)cc1. The van der Waals surface area contributed by atoms with E-state index < -0.39 is 29.7 Å². The molecule has 21 heteroatoms. The Bertz CT molecular complexity index is 3240. The number of rotatable bonds is 22. The monoisotopic (exact) mass is 1180 g/mol. The van der Waals surface area contributed by atoms with Crippen LogP contribution in [-0.4, -0.2) is 71.8 Å². The van der Waals surface area contributed by atoms with Crippen molar-refractivity contribution in [3.63, 3.8) is 0 Å². The number of aldehydes is 1. The van der Waals surface area contributed by atoms with Crippen LogP contribution < -0.4 is 38.9 Å². The summed E-state index contributed by atoms with van der Waals surface area (Å²) in [6.45, 7) is 10.3. The normalized spacial score (nSPS) is 12.5. The van der Waals surface area contributed by atoms with Gasteiger partial charge >= 0.3 is 11.9 Å². The molecule has 1 aliphatic rings. The molecule has 0 radical (unpaired) electrons. The quantitative estimate of drug-likeness (QED) is 0.0180. The van der Waals surface area contributed by atoms with Crippen LogP contribution in [0.25, 0.3) is 0 Å². The maximum atomic E-state index is 13.4. The number of hydrogen-bond acceptors (Lipinski definition) is 15. The minimum atomic E-state index is -0.793. The molecule has 0 spiro atoms. The fourth-order valence-corrected chi connectivity index (χ4v) is 7.92. The molecule has 0 saturated carbocycles. The Morgan fingerprint density at radius 3 is 1.70 bits per heavy atom. The van der Waals surface area contributed by atoms with Gasteiger partial charge in [0.15, 0.2) is 0 Å². The number of aryl methyl sites for hydroxylation is 2. The van der Waals surface area contributed by atoms with Crippen LogP contribution in [0, 0.1) is 11.6 Å². The molecule has 2 aromatic heterocycles. The summed E-state index contributed by atoms with van der Waals surface area (Å²) in [4.78, 5) is 86.3. The second-order valence-electron chi connectivity index (χ2n) is 18.5. The van der Waals surface area contributed by atoms with Crippen molar-refractivity contribution in [3.05, 3.63) is 242 Å². The summed E-state index contributed by atoms with van der Waals surface area (Å²) in [5.74, 6) is -3.28. The molecule has 12 N–H and O–H groups in total. The van der Waals surface area contributed by atoms with E-state index in [1.165, 1.54) is 36.4 Å². The molecule has 456 valence electrons. The molecular weight excluding hydrogens is 1110 g/mol. The number of nitrogens with two attached hydrogens (primary N) is 4. The minimum Gasteiger partial charge on any atom is -0.467 e. The number of allylic oxidation sites excluding steroid dienone is 4. The maximum absolute atomic E-state index is 13.4. The number of halogens is 2. The van der Waals surface area contributed by atoms with Gasteiger partial charge < -0.3 is 57.9 Å². The summed E-state index contributed by atoms with van der Waals surface area (Å²) in [7, 11) is 0. The molecule has 0 fully saturated rings. The van der Waals surface area contributed by atoms with E-state index in [9.17, 15) is 42.3 Å². The van der Waals surface area contributed by atoms with Gasteiger partial charge in [-0.25, -0.2) is 18.4 Å². The van der Waals surface area contributed by atoms with E-state index in [0.717, 1.165) is 23.0 Å². The molecule has 3 heterocycles. The average molecular weight is 1180 g/mol. The molecule has 0 saturated heterocycles. The third-order valence-electron chi connectivity index (χ3n) is 12.2. The van der Waals surface area contributed by atoms with Crippen LogP contribution in [0.2, 0.25) is 0 Å². The zero-order valence-corrected chi connectivity index (χ0v) is 48.9. The third-order valence-corrected chi connectivity index (χ3v) is 12.2. The van der Waals surface area contributed by atoms with Gasteiger partial charge in [-0.1, -0.05) is 68.4 Å². The molecule has 0 aliphatic carbocycles. The molecule has 1 unspecified atom stereocenters. The number of nitrogens with one attached hydrogen (secondary N) is 3. The highest BCUT2D eigenvalue weighted by molar-refractivity contribution is 6.02. The van der Waals surface area contributed by atoms with Gasteiger partial charge in [0, 0.05) is 82.7 Å². The fourth-order valence-electron chi connectivity index (χ4n) is 7.92. The Morgan fingerprint density at radius 1 is 0.651 bits per heavy atom. The Balaban J connectivity index is 0.000000352. The van der Waals surface area contributed by atoms with Gasteiger partial charge in [-0.2, -0.15) is 0 Å². The lowest BCUT2D eigenvalue weighted by molar-refractivity contribution is -0.139. The van der Waals surface area contributed by atoms with E-state index in [1.807, 2.05) is 19.9 Å². The molecule has 19 nitrogen and oxygen atoms in total. The highest BCUT2D eigenvalue weighted by atomic mass is 19.1. The van der Waals surface area contributed by atoms with E-state index >= 15 is 0 Å². The second-order valence-corrected chi connectivity index (χ2v) is 18.5. The predicted molar refractivity (Wildman–Crippen MR) is 322 cm³/mol. The summed E-state index contributed by atoms with van der Waals surface area (Å²) < 4.78 is 41.3. The standard InChI is InChI=1S/C32H33FN4O4.C13H16FNO2.C13H11NO3.C5H10N2O.C2H6O/c1-3-25-28(30(34)38)27(22-10-12-23(13-11-22)31(39)36-19-21-6-5-17-35-18-21)29(32(40)41-4-2)26(37-25)16-9-20-7-14-24(33)15-8-20;1-2-17-13(16)9-12(15)8-5-10-3-6-11(14)7-4-10;15-9-10-3-5-11(6-4-10)13(16)14-8-12-2-1-7-17-12;1-2-4(6)3-5(7)8;1-2-3/h5-8,10-15,17-18,27,37H,3-4,9,16,19H2,1-2H3,(H2,34,38)(H,36,39);3-4,6-7,9H,2,5,8,15H2,1H3;1-7,9H,8H2,(H,14,16);3H,2,6H2,1H3,(H2,7,8);3H,2H2,1H3/b;12-9-;;4-3+;. The van der Waals surface area contributed by atoms with Crippen LogP contribution in [0.1, 0.15) is 125 Å². The number of pyridine rings is 1. The fraction of sp³-hybridized carbons (Fsp3) is 0.262. The van der Waals surface area contributed by atoms with Crippen molar-refractivity contribution in [2.45, 2.75) is 92.2 Å². The number of aliphatic hydroxyl groups is 1. The number of hydrogen-bond donors (Lipinski definition) is 8. The lowest BCUT2D eigenvalue weighted by Crippen LogP contribution is -2.35. The molecule has 86 heavy (non-hydrogen) atoms. The highest BCUT2D eigenvalue weighted by Gasteiger charge is 2.38. The molecule has 1 atom stereocenters. The lowest BCUT2D eigenvalue weighted by Gasteiger charge is -2.32. The van der Waals surface area contributed by atoms with Crippen LogP contribution in [0.15, 0.2) is 190 Å². The van der Waals surface area contributed by atoms with Crippen molar-refractivity contribution in [1.29, 1.82) is 0 Å². The number of primary amides is 2. The molecule has 4 aromatic carbocycles. The van der Waals surface area contributed by atoms with Gasteiger partial charge in [-0.3, -0.25) is 29.0 Å². The Hall–Kier alpha value is -10.0. The number of nitrogens with zero attached hydrogens (tertiary/aromatic N) is 1. The number of ether oxygens (including phenoxy) is 2. The predicted octanol–water partition coefficient (Wildman–Crippen LogP) is 8.35. The molecule has 6 aromatic rings. The number of furan rings is 1. The smallest absolute Gasteiger partial charge is 0.336 e. The maximum Gasteiger partial charge on any atom is 0.336 e. The van der Waals surface area contributed by atoms with E-state index in [0.29, 0.717) is 109 Å². The van der Waals surface area contributed by atoms with Crippen molar-refractivity contribution in [1.82, 2.24) is 20.9 Å². The number of carbonyl (C=O) groups excluding carboxylic acids is 7. The first kappa shape index (κ1) is 70.2. The summed E-state index contributed by atoms with van der Waals surface area (Å²) in [6.07, 6.45) is 11.4. The molecular formula is C65H76F2N8O11. The van der Waals surface area contributed by atoms with Gasteiger partial charge in [-0.15, -0.1) is 0 Å². The van der Waals surface area contributed by atoms with Crippen LogP contribution >= 0.6 is 0 Å². The Kier molecular flexibility index (Phi) is 31.6. The lowest BCUT2D eigenvalue weighted by atomic mass is 9.78. The molecule has 1 aliphatic heterocycles. The van der Waals surface area contributed by atoms with Crippen LogP contribution in [0.3, 0.4) is 0 Å². The number of dihydropyridines is 1. The zero-order valence-electron chi connectivity index (χ0n) is 48.9.